The molecular weight excluding hydrogens is 378 g/mol. The summed E-state index contributed by atoms with van der Waals surface area (Å²) >= 11 is 0. The third-order valence-corrected chi connectivity index (χ3v) is 6.28. The lowest BCUT2D eigenvalue weighted by molar-refractivity contribution is -0.171. The van der Waals surface area contributed by atoms with E-state index in [2.05, 4.69) is 31.2 Å². The molecule has 1 saturated heterocycles. The quantitative estimate of drug-likeness (QED) is 0.344. The normalized spacial score (nSPS) is 16.3. The second-order valence-corrected chi connectivity index (χ2v) is 8.90. The minimum atomic E-state index is -0.883. The summed E-state index contributed by atoms with van der Waals surface area (Å²) in [5, 5.41) is 18.6. The molecule has 1 aromatic rings. The molecule has 2 rings (SSSR count). The second kappa shape index (κ2) is 13.4. The molecule has 172 valence electrons. The predicted octanol–water partition coefficient (Wildman–Crippen LogP) is 4.42. The van der Waals surface area contributed by atoms with Gasteiger partial charge in [-0.3, -0.25) is 0 Å². The molecule has 5 heteroatoms. The number of benzene rings is 1. The molecule has 0 spiro atoms. The third kappa shape index (κ3) is 7.93. The molecule has 30 heavy (non-hydrogen) atoms. The predicted molar refractivity (Wildman–Crippen MR) is 121 cm³/mol. The Morgan fingerprint density at radius 3 is 2.00 bits per heavy atom. The Bertz CT molecular complexity index is 565. The Morgan fingerprint density at radius 1 is 0.867 bits per heavy atom. The van der Waals surface area contributed by atoms with Gasteiger partial charge in [0.15, 0.2) is 5.79 Å². The number of rotatable bonds is 16. The van der Waals surface area contributed by atoms with E-state index in [4.69, 9.17) is 15.2 Å². The zero-order valence-corrected chi connectivity index (χ0v) is 18.9. The van der Waals surface area contributed by atoms with Crippen LogP contribution in [0.5, 0.6) is 0 Å². The minimum absolute atomic E-state index is 0.196. The van der Waals surface area contributed by atoms with Crippen molar-refractivity contribution in [3.8, 4) is 0 Å². The first-order valence-electron chi connectivity index (χ1n) is 12.0. The van der Waals surface area contributed by atoms with Gasteiger partial charge in [-0.2, -0.15) is 0 Å². The monoisotopic (exact) mass is 421 g/mol. The van der Waals surface area contributed by atoms with Crippen molar-refractivity contribution < 1.29 is 19.7 Å². The maximum atomic E-state index is 9.31. The first-order chi connectivity index (χ1) is 14.6. The Kier molecular flexibility index (Phi) is 11.3. The van der Waals surface area contributed by atoms with Crippen LogP contribution in [0.4, 0.5) is 0 Å². The molecule has 5 nitrogen and oxygen atoms in total. The number of aliphatic hydroxyl groups excluding tert-OH is 2. The van der Waals surface area contributed by atoms with Gasteiger partial charge in [0.25, 0.3) is 0 Å². The van der Waals surface area contributed by atoms with Crippen LogP contribution in [0.1, 0.15) is 88.7 Å². The maximum absolute atomic E-state index is 9.31. The van der Waals surface area contributed by atoms with Crippen LogP contribution in [0.15, 0.2) is 24.3 Å². The summed E-state index contributed by atoms with van der Waals surface area (Å²) in [5.74, 6) is -0.582. The van der Waals surface area contributed by atoms with Crippen molar-refractivity contribution in [2.45, 2.75) is 95.3 Å². The van der Waals surface area contributed by atoms with E-state index < -0.39 is 11.3 Å². The topological polar surface area (TPSA) is 84.9 Å². The van der Waals surface area contributed by atoms with Crippen LogP contribution in [0, 0.1) is 0 Å². The molecule has 1 heterocycles. The molecule has 0 amide bonds. The number of ether oxygens (including phenoxy) is 2. The van der Waals surface area contributed by atoms with Gasteiger partial charge in [0, 0.05) is 12.0 Å². The van der Waals surface area contributed by atoms with Gasteiger partial charge < -0.3 is 25.4 Å². The van der Waals surface area contributed by atoms with Crippen molar-refractivity contribution >= 4 is 0 Å². The van der Waals surface area contributed by atoms with Gasteiger partial charge in [-0.25, -0.2) is 0 Å². The lowest BCUT2D eigenvalue weighted by Crippen LogP contribution is -2.47. The van der Waals surface area contributed by atoms with Crippen LogP contribution < -0.4 is 5.73 Å². The highest BCUT2D eigenvalue weighted by atomic mass is 16.7. The Morgan fingerprint density at radius 2 is 1.43 bits per heavy atom. The number of hydrogen-bond donors (Lipinski definition) is 3. The van der Waals surface area contributed by atoms with E-state index in [1.54, 1.807) is 0 Å². The maximum Gasteiger partial charge on any atom is 0.194 e. The number of aryl methyl sites for hydroxylation is 1. The SMILES string of the molecule is CCCCCCCCCCC1(c2ccc(CCCC(N)(CO)CO)cc2)OCCO1. The fourth-order valence-electron chi connectivity index (χ4n) is 4.18. The molecule has 0 radical (unpaired) electrons. The summed E-state index contributed by atoms with van der Waals surface area (Å²) in [7, 11) is 0. The van der Waals surface area contributed by atoms with Crippen molar-refractivity contribution in [2.75, 3.05) is 26.4 Å². The minimum Gasteiger partial charge on any atom is -0.394 e. The molecular formula is C25H43NO4. The Labute approximate surface area is 183 Å². The lowest BCUT2D eigenvalue weighted by Gasteiger charge is -2.28. The molecule has 1 fully saturated rings. The van der Waals surface area contributed by atoms with Crippen molar-refractivity contribution in [3.63, 3.8) is 0 Å². The molecule has 4 N–H and O–H groups in total. The largest absolute Gasteiger partial charge is 0.394 e. The summed E-state index contributed by atoms with van der Waals surface area (Å²) in [6, 6.07) is 8.51. The van der Waals surface area contributed by atoms with Crippen LogP contribution >= 0.6 is 0 Å². The molecule has 1 aromatic carbocycles. The summed E-state index contributed by atoms with van der Waals surface area (Å²) < 4.78 is 12.2. The van der Waals surface area contributed by atoms with Gasteiger partial charge in [0.1, 0.15) is 0 Å². The summed E-state index contributed by atoms with van der Waals surface area (Å²) in [5.41, 5.74) is 7.39. The number of unbranched alkanes of at least 4 members (excludes halogenated alkanes) is 7. The second-order valence-electron chi connectivity index (χ2n) is 8.90. The molecule has 0 unspecified atom stereocenters. The average molecular weight is 422 g/mol. The molecule has 0 aromatic heterocycles. The average Bonchev–Trinajstić information content (AvgIpc) is 3.26. The number of hydrogen-bond acceptors (Lipinski definition) is 5. The number of nitrogens with two attached hydrogens (primary N) is 1. The Balaban J connectivity index is 1.79. The van der Waals surface area contributed by atoms with Crippen molar-refractivity contribution in [1.82, 2.24) is 0 Å². The molecule has 1 aliphatic heterocycles. The van der Waals surface area contributed by atoms with E-state index in [-0.39, 0.29) is 13.2 Å². The van der Waals surface area contributed by atoms with Crippen molar-refractivity contribution in [1.29, 1.82) is 0 Å². The van der Waals surface area contributed by atoms with E-state index in [0.717, 1.165) is 31.2 Å². The number of aliphatic hydroxyl groups is 2. The van der Waals surface area contributed by atoms with Crippen LogP contribution in [0.2, 0.25) is 0 Å². The van der Waals surface area contributed by atoms with E-state index in [0.29, 0.717) is 19.6 Å². The zero-order valence-electron chi connectivity index (χ0n) is 18.9. The van der Waals surface area contributed by atoms with Crippen molar-refractivity contribution in [2.24, 2.45) is 5.73 Å². The summed E-state index contributed by atoms with van der Waals surface area (Å²) in [6.45, 7) is 3.17. The highest BCUT2D eigenvalue weighted by Gasteiger charge is 2.37. The Hall–Kier alpha value is -0.980. The fraction of sp³-hybridized carbons (Fsp3) is 0.760. The van der Waals surface area contributed by atoms with Gasteiger partial charge in [0.05, 0.1) is 32.0 Å². The van der Waals surface area contributed by atoms with E-state index in [1.807, 2.05) is 0 Å². The molecule has 0 atom stereocenters. The van der Waals surface area contributed by atoms with E-state index in [1.165, 1.54) is 50.5 Å². The molecule has 0 aliphatic carbocycles. The first-order valence-corrected chi connectivity index (χ1v) is 12.0. The van der Waals surface area contributed by atoms with Gasteiger partial charge >= 0.3 is 0 Å². The summed E-state index contributed by atoms with van der Waals surface area (Å²) in [6.07, 6.45) is 13.6. The van der Waals surface area contributed by atoms with E-state index in [9.17, 15) is 10.2 Å². The van der Waals surface area contributed by atoms with Crippen LogP contribution in [-0.4, -0.2) is 42.2 Å². The van der Waals surface area contributed by atoms with Gasteiger partial charge in [0.2, 0.25) is 0 Å². The molecule has 1 aliphatic rings. The van der Waals surface area contributed by atoms with Crippen LogP contribution in [0.25, 0.3) is 0 Å². The van der Waals surface area contributed by atoms with E-state index >= 15 is 0 Å². The fourth-order valence-corrected chi connectivity index (χ4v) is 4.18. The van der Waals surface area contributed by atoms with Gasteiger partial charge in [-0.05, 0) is 31.2 Å². The third-order valence-electron chi connectivity index (χ3n) is 6.28. The summed E-state index contributed by atoms with van der Waals surface area (Å²) in [4.78, 5) is 0. The first kappa shape index (κ1) is 25.3. The zero-order chi connectivity index (χ0) is 21.7. The lowest BCUT2D eigenvalue weighted by atomic mass is 9.93. The van der Waals surface area contributed by atoms with Crippen molar-refractivity contribution in [3.05, 3.63) is 35.4 Å². The standard InChI is InChI=1S/C25H43NO4/c1-2-3-4-5-6-7-8-9-17-25(29-18-19-30-25)23-14-12-22(13-15-23)11-10-16-24(26,20-27)21-28/h12-15,27-28H,2-11,16-21,26H2,1H3. The smallest absolute Gasteiger partial charge is 0.194 e. The van der Waals surface area contributed by atoms with Gasteiger partial charge in [-0.1, -0.05) is 76.1 Å². The molecule has 0 bridgehead atoms. The van der Waals surface area contributed by atoms with Crippen LogP contribution in [-0.2, 0) is 21.7 Å². The highest BCUT2D eigenvalue weighted by molar-refractivity contribution is 5.26. The van der Waals surface area contributed by atoms with Crippen LogP contribution in [0.3, 0.4) is 0 Å². The highest BCUT2D eigenvalue weighted by Crippen LogP contribution is 2.37. The molecule has 0 saturated carbocycles. The van der Waals surface area contributed by atoms with Gasteiger partial charge in [-0.15, -0.1) is 0 Å².